The largest absolute Gasteiger partial charge is 0.457 e. The van der Waals surface area contributed by atoms with Gasteiger partial charge in [0.1, 0.15) is 39.8 Å². The van der Waals surface area contributed by atoms with Gasteiger partial charge in [-0.15, -0.1) is 0 Å². The molecule has 0 radical (unpaired) electrons. The highest BCUT2D eigenvalue weighted by atomic mass is 79.9. The fourth-order valence-corrected chi connectivity index (χ4v) is 7.32. The van der Waals surface area contributed by atoms with E-state index >= 15 is 0 Å². The second kappa shape index (κ2) is 11.3. The third-order valence-electron chi connectivity index (χ3n) is 7.74. The van der Waals surface area contributed by atoms with E-state index in [0.29, 0.717) is 33.5 Å². The zero-order chi connectivity index (χ0) is 31.2. The molecule has 2 heterocycles. The number of nitrogens with one attached hydrogen (secondary N) is 1. The first-order valence-corrected chi connectivity index (χ1v) is 15.8. The summed E-state index contributed by atoms with van der Waals surface area (Å²) in [6.45, 7) is 5.25. The van der Waals surface area contributed by atoms with Crippen molar-refractivity contribution < 1.29 is 27.0 Å². The summed E-state index contributed by atoms with van der Waals surface area (Å²) in [5, 5.41) is 11.3. The standard InChI is InChI=1S/C33H26BrF2N3O4S/c1-3-23-24-14-16-39(44(41,42)33(2)15-5-4-9-30(33)36)28(24)12-13-29(23)43-22-10-11-26(35)25(18-22)32-37-19-27(38-32)31(40)20-7-6-8-21(34)17-20/h3-14,16-19,31,40H,1,15H2,2H3,(H,37,38). The fourth-order valence-electron chi connectivity index (χ4n) is 5.21. The van der Waals surface area contributed by atoms with Gasteiger partial charge >= 0.3 is 0 Å². The van der Waals surface area contributed by atoms with Crippen LogP contribution < -0.4 is 4.74 Å². The van der Waals surface area contributed by atoms with Crippen molar-refractivity contribution in [2.45, 2.75) is 24.2 Å². The smallest absolute Gasteiger partial charge is 0.251 e. The van der Waals surface area contributed by atoms with Gasteiger partial charge in [0, 0.05) is 21.6 Å². The molecule has 224 valence electrons. The molecule has 1 aliphatic rings. The number of benzene rings is 3. The first-order valence-electron chi connectivity index (χ1n) is 13.5. The van der Waals surface area contributed by atoms with Gasteiger partial charge in [-0.3, -0.25) is 0 Å². The van der Waals surface area contributed by atoms with E-state index in [9.17, 15) is 22.3 Å². The van der Waals surface area contributed by atoms with Gasteiger partial charge in [0.05, 0.1) is 23.0 Å². The number of aliphatic hydroxyl groups excluding tert-OH is 1. The average Bonchev–Trinajstić information content (AvgIpc) is 3.67. The molecular formula is C33H26BrF2N3O4S. The maximum absolute atomic E-state index is 15.0. The Labute approximate surface area is 261 Å². The van der Waals surface area contributed by atoms with Gasteiger partial charge < -0.3 is 14.8 Å². The lowest BCUT2D eigenvalue weighted by Crippen LogP contribution is -2.40. The minimum absolute atomic E-state index is 0.0000901. The molecule has 5 aromatic rings. The number of aromatic amines is 1. The van der Waals surface area contributed by atoms with Gasteiger partial charge in [0.25, 0.3) is 10.0 Å². The van der Waals surface area contributed by atoms with Crippen molar-refractivity contribution in [3.63, 3.8) is 0 Å². The quantitative estimate of drug-likeness (QED) is 0.173. The predicted molar refractivity (Wildman–Crippen MR) is 170 cm³/mol. The molecule has 2 N–H and O–H groups in total. The lowest BCUT2D eigenvalue weighted by Gasteiger charge is -2.29. The van der Waals surface area contributed by atoms with E-state index in [1.165, 1.54) is 55.7 Å². The Bertz CT molecular complexity index is 2100. The van der Waals surface area contributed by atoms with Crippen molar-refractivity contribution in [2.24, 2.45) is 0 Å². The third-order valence-corrected chi connectivity index (χ3v) is 10.6. The number of rotatable bonds is 8. The normalized spacial score (nSPS) is 17.4. The SMILES string of the molecule is C=Cc1c(Oc2ccc(F)c(-c3ncc(C(O)c4cccc(Br)c4)[nH]3)c2)ccc2c1ccn2S(=O)(=O)C1(C)CC=CC=C1F. The molecule has 2 atom stereocenters. The van der Waals surface area contributed by atoms with Crippen LogP contribution in [0, 0.1) is 5.82 Å². The molecule has 0 fully saturated rings. The average molecular weight is 679 g/mol. The zero-order valence-electron chi connectivity index (χ0n) is 23.3. The highest BCUT2D eigenvalue weighted by Gasteiger charge is 2.45. The van der Waals surface area contributed by atoms with Crippen molar-refractivity contribution in [1.29, 1.82) is 0 Å². The van der Waals surface area contributed by atoms with E-state index in [0.717, 1.165) is 8.45 Å². The number of aliphatic hydroxyl groups is 1. The van der Waals surface area contributed by atoms with Crippen LogP contribution in [0.2, 0.25) is 0 Å². The van der Waals surface area contributed by atoms with Gasteiger partial charge in [0.2, 0.25) is 0 Å². The first kappa shape index (κ1) is 29.7. The Morgan fingerprint density at radius 1 is 1.18 bits per heavy atom. The molecule has 3 aromatic carbocycles. The molecular weight excluding hydrogens is 652 g/mol. The minimum Gasteiger partial charge on any atom is -0.457 e. The Morgan fingerprint density at radius 2 is 2.00 bits per heavy atom. The van der Waals surface area contributed by atoms with Crippen LogP contribution in [0.1, 0.15) is 36.3 Å². The number of hydrogen-bond acceptors (Lipinski definition) is 5. The number of imidazole rings is 1. The molecule has 1 aliphatic carbocycles. The monoisotopic (exact) mass is 677 g/mol. The Balaban J connectivity index is 1.32. The highest BCUT2D eigenvalue weighted by Crippen LogP contribution is 2.40. The van der Waals surface area contributed by atoms with Crippen LogP contribution in [0.5, 0.6) is 11.5 Å². The van der Waals surface area contributed by atoms with Gasteiger partial charge in [0.15, 0.2) is 0 Å². The third kappa shape index (κ3) is 5.00. The van der Waals surface area contributed by atoms with Crippen LogP contribution in [0.25, 0.3) is 28.4 Å². The summed E-state index contributed by atoms with van der Waals surface area (Å²) in [6.07, 6.45) is 7.66. The van der Waals surface area contributed by atoms with Crippen molar-refractivity contribution in [1.82, 2.24) is 13.9 Å². The number of aromatic nitrogens is 3. The number of fused-ring (bicyclic) bond motifs is 1. The van der Waals surface area contributed by atoms with Gasteiger partial charge in [-0.05, 0) is 73.5 Å². The van der Waals surface area contributed by atoms with Crippen LogP contribution >= 0.6 is 15.9 Å². The second-order valence-electron chi connectivity index (χ2n) is 10.5. The summed E-state index contributed by atoms with van der Waals surface area (Å²) in [7, 11) is -4.18. The van der Waals surface area contributed by atoms with E-state index in [1.807, 2.05) is 6.07 Å². The summed E-state index contributed by atoms with van der Waals surface area (Å²) >= 11 is 3.39. The van der Waals surface area contributed by atoms with Crippen LogP contribution in [-0.4, -0.2) is 32.2 Å². The predicted octanol–water partition coefficient (Wildman–Crippen LogP) is 8.20. The summed E-state index contributed by atoms with van der Waals surface area (Å²) in [5.74, 6) is -0.446. The lowest BCUT2D eigenvalue weighted by molar-refractivity contribution is 0.216. The minimum atomic E-state index is -4.18. The number of H-pyrrole nitrogens is 1. The molecule has 0 spiro atoms. The first-order chi connectivity index (χ1) is 21.0. The van der Waals surface area contributed by atoms with E-state index in [-0.39, 0.29) is 23.6 Å². The van der Waals surface area contributed by atoms with Crippen molar-refractivity contribution in [3.05, 3.63) is 131 Å². The van der Waals surface area contributed by atoms with Crippen molar-refractivity contribution >= 4 is 42.9 Å². The van der Waals surface area contributed by atoms with E-state index in [4.69, 9.17) is 4.74 Å². The van der Waals surface area contributed by atoms with Gasteiger partial charge in [-0.2, -0.15) is 0 Å². The Kier molecular flexibility index (Phi) is 7.64. The molecule has 7 nitrogen and oxygen atoms in total. The highest BCUT2D eigenvalue weighted by molar-refractivity contribution is 9.10. The summed E-state index contributed by atoms with van der Waals surface area (Å²) < 4.78 is 63.4. The number of halogens is 3. The molecule has 2 aromatic heterocycles. The number of hydrogen-bond donors (Lipinski definition) is 2. The zero-order valence-corrected chi connectivity index (χ0v) is 25.7. The topological polar surface area (TPSA) is 97.2 Å². The van der Waals surface area contributed by atoms with Crippen LogP contribution in [0.3, 0.4) is 0 Å². The van der Waals surface area contributed by atoms with Crippen molar-refractivity contribution in [2.75, 3.05) is 0 Å². The molecule has 0 aliphatic heterocycles. The van der Waals surface area contributed by atoms with Gasteiger partial charge in [-0.1, -0.05) is 52.9 Å². The second-order valence-corrected chi connectivity index (χ2v) is 13.7. The molecule has 0 bridgehead atoms. The fraction of sp³-hybridized carbons (Fsp3) is 0.121. The Hall–Kier alpha value is -4.32. The number of nitrogens with zero attached hydrogens (tertiary/aromatic N) is 2. The van der Waals surface area contributed by atoms with Crippen LogP contribution in [-0.2, 0) is 10.0 Å². The summed E-state index contributed by atoms with van der Waals surface area (Å²) in [5.41, 5.74) is 1.98. The van der Waals surface area contributed by atoms with E-state index in [2.05, 4.69) is 32.5 Å². The molecule has 6 rings (SSSR count). The summed E-state index contributed by atoms with van der Waals surface area (Å²) in [6, 6.07) is 16.1. The molecule has 0 saturated carbocycles. The maximum Gasteiger partial charge on any atom is 0.251 e. The number of ether oxygens (including phenoxy) is 1. The van der Waals surface area contributed by atoms with Crippen LogP contribution in [0.4, 0.5) is 8.78 Å². The molecule has 0 amide bonds. The van der Waals surface area contributed by atoms with E-state index < -0.39 is 32.5 Å². The van der Waals surface area contributed by atoms with Crippen molar-refractivity contribution in [3.8, 4) is 22.9 Å². The molecule has 0 saturated heterocycles. The maximum atomic E-state index is 15.0. The summed E-state index contributed by atoms with van der Waals surface area (Å²) in [4.78, 5) is 7.27. The number of allylic oxidation sites excluding steroid dienone is 3. The lowest BCUT2D eigenvalue weighted by atomic mass is 10.0. The van der Waals surface area contributed by atoms with E-state index in [1.54, 1.807) is 42.5 Å². The molecule has 2 unspecified atom stereocenters. The Morgan fingerprint density at radius 3 is 2.75 bits per heavy atom. The molecule has 44 heavy (non-hydrogen) atoms. The molecule has 11 heteroatoms. The van der Waals surface area contributed by atoms with Gasteiger partial charge in [-0.25, -0.2) is 26.2 Å². The van der Waals surface area contributed by atoms with Crippen LogP contribution in [0.15, 0.2) is 108 Å².